The van der Waals surface area contributed by atoms with Gasteiger partial charge >= 0.3 is 0 Å². The van der Waals surface area contributed by atoms with Crippen LogP contribution in [0.5, 0.6) is 0 Å². The smallest absolute Gasteiger partial charge is 0.0575 e. The van der Waals surface area contributed by atoms with Crippen LogP contribution < -0.4 is 5.32 Å². The van der Waals surface area contributed by atoms with Crippen molar-refractivity contribution in [2.75, 3.05) is 5.32 Å². The van der Waals surface area contributed by atoms with Crippen LogP contribution in [-0.2, 0) is 25.9 Å². The molecule has 19 heavy (non-hydrogen) atoms. The summed E-state index contributed by atoms with van der Waals surface area (Å²) in [5.74, 6) is 0. The first-order valence-electron chi connectivity index (χ1n) is 7.23. The summed E-state index contributed by atoms with van der Waals surface area (Å²) in [5.41, 5.74) is 5.53. The number of rotatable bonds is 5. The molecule has 2 aromatic rings. The van der Waals surface area contributed by atoms with Crippen LogP contribution in [0.2, 0.25) is 0 Å². The van der Waals surface area contributed by atoms with Crippen LogP contribution in [0.1, 0.15) is 36.6 Å². The summed E-state index contributed by atoms with van der Waals surface area (Å²) >= 11 is 0. The lowest BCUT2D eigenvalue weighted by Crippen LogP contribution is -2.09. The summed E-state index contributed by atoms with van der Waals surface area (Å²) in [7, 11) is 0. The molecular formula is C16H21N3. The summed E-state index contributed by atoms with van der Waals surface area (Å²) in [5, 5.41) is 7.87. The Kier molecular flexibility index (Phi) is 3.53. The Hall–Kier alpha value is -1.77. The van der Waals surface area contributed by atoms with Gasteiger partial charge in [0.1, 0.15) is 0 Å². The Morgan fingerprint density at radius 1 is 1.21 bits per heavy atom. The molecule has 1 N–H and O–H groups in total. The lowest BCUT2D eigenvalue weighted by atomic mass is 10.1. The Balaban J connectivity index is 1.67. The van der Waals surface area contributed by atoms with Gasteiger partial charge in [-0.1, -0.05) is 13.0 Å². The van der Waals surface area contributed by atoms with E-state index in [4.69, 9.17) is 0 Å². The molecule has 0 fully saturated rings. The van der Waals surface area contributed by atoms with Gasteiger partial charge in [0.25, 0.3) is 0 Å². The molecule has 0 spiro atoms. The van der Waals surface area contributed by atoms with Crippen molar-refractivity contribution in [1.29, 1.82) is 0 Å². The minimum absolute atomic E-state index is 0.846. The van der Waals surface area contributed by atoms with E-state index in [2.05, 4.69) is 46.3 Å². The number of anilines is 1. The highest BCUT2D eigenvalue weighted by molar-refractivity contribution is 5.50. The molecule has 1 aliphatic rings. The number of benzene rings is 1. The number of nitrogens with one attached hydrogen (secondary N) is 1. The van der Waals surface area contributed by atoms with Gasteiger partial charge in [-0.05, 0) is 55.0 Å². The highest BCUT2D eigenvalue weighted by Crippen LogP contribution is 2.25. The van der Waals surface area contributed by atoms with Crippen LogP contribution in [0.25, 0.3) is 0 Å². The third kappa shape index (κ3) is 2.65. The fourth-order valence-corrected chi connectivity index (χ4v) is 2.80. The predicted octanol–water partition coefficient (Wildman–Crippen LogP) is 3.39. The Bertz CT molecular complexity index is 557. The van der Waals surface area contributed by atoms with E-state index in [0.717, 1.165) is 19.5 Å². The fourth-order valence-electron chi connectivity index (χ4n) is 2.80. The second-order valence-corrected chi connectivity index (χ2v) is 5.24. The topological polar surface area (TPSA) is 29.9 Å². The zero-order valence-electron chi connectivity index (χ0n) is 11.5. The first-order valence-corrected chi connectivity index (χ1v) is 7.23. The van der Waals surface area contributed by atoms with Gasteiger partial charge < -0.3 is 5.32 Å². The zero-order chi connectivity index (χ0) is 13.1. The SMILES string of the molecule is CCCn1nccc1CNc1ccc2c(c1)CCC2. The first kappa shape index (κ1) is 12.3. The Morgan fingerprint density at radius 3 is 3.00 bits per heavy atom. The standard InChI is InChI=1S/C16H21N3/c1-2-10-19-16(8-9-18-19)12-17-15-7-6-13-4-3-5-14(13)11-15/h6-9,11,17H,2-5,10,12H2,1H3. The van der Waals surface area contributed by atoms with Crippen LogP contribution >= 0.6 is 0 Å². The van der Waals surface area contributed by atoms with Gasteiger partial charge in [0, 0.05) is 18.4 Å². The van der Waals surface area contributed by atoms with E-state index in [1.165, 1.54) is 41.8 Å². The molecule has 0 radical (unpaired) electrons. The van der Waals surface area contributed by atoms with Crippen molar-refractivity contribution >= 4 is 5.69 Å². The van der Waals surface area contributed by atoms with Crippen molar-refractivity contribution in [2.45, 2.75) is 45.7 Å². The predicted molar refractivity (Wildman–Crippen MR) is 78.3 cm³/mol. The Labute approximate surface area is 114 Å². The molecule has 3 rings (SSSR count). The van der Waals surface area contributed by atoms with Crippen LogP contribution in [0.15, 0.2) is 30.5 Å². The molecule has 3 nitrogen and oxygen atoms in total. The largest absolute Gasteiger partial charge is 0.379 e. The van der Waals surface area contributed by atoms with Crippen LogP contribution in [0, 0.1) is 0 Å². The average molecular weight is 255 g/mol. The maximum absolute atomic E-state index is 4.35. The summed E-state index contributed by atoms with van der Waals surface area (Å²) in [6.45, 7) is 4.02. The fraction of sp³-hybridized carbons (Fsp3) is 0.438. The molecule has 1 aromatic carbocycles. The van der Waals surface area contributed by atoms with Gasteiger partial charge in [-0.15, -0.1) is 0 Å². The molecule has 0 unspecified atom stereocenters. The molecule has 3 heteroatoms. The number of aromatic nitrogens is 2. The highest BCUT2D eigenvalue weighted by atomic mass is 15.3. The molecule has 0 aliphatic heterocycles. The van der Waals surface area contributed by atoms with Crippen LogP contribution in [0.3, 0.4) is 0 Å². The first-order chi connectivity index (χ1) is 9.36. The van der Waals surface area contributed by atoms with Crippen molar-refractivity contribution < 1.29 is 0 Å². The van der Waals surface area contributed by atoms with Crippen molar-refractivity contribution in [2.24, 2.45) is 0 Å². The van der Waals surface area contributed by atoms with Crippen molar-refractivity contribution in [1.82, 2.24) is 9.78 Å². The normalized spacial score (nSPS) is 13.5. The second-order valence-electron chi connectivity index (χ2n) is 5.24. The number of nitrogens with zero attached hydrogens (tertiary/aromatic N) is 2. The van der Waals surface area contributed by atoms with Gasteiger partial charge in [0.05, 0.1) is 12.2 Å². The molecule has 0 saturated heterocycles. The van der Waals surface area contributed by atoms with Crippen LogP contribution in [-0.4, -0.2) is 9.78 Å². The zero-order valence-corrected chi connectivity index (χ0v) is 11.5. The number of hydrogen-bond acceptors (Lipinski definition) is 2. The minimum Gasteiger partial charge on any atom is -0.379 e. The molecule has 0 atom stereocenters. The molecule has 1 heterocycles. The quantitative estimate of drug-likeness (QED) is 0.887. The molecule has 1 aromatic heterocycles. The molecular weight excluding hydrogens is 234 g/mol. The summed E-state index contributed by atoms with van der Waals surface area (Å²) in [6, 6.07) is 8.87. The van der Waals surface area contributed by atoms with Gasteiger partial charge in [-0.2, -0.15) is 5.10 Å². The molecule has 0 bridgehead atoms. The highest BCUT2D eigenvalue weighted by Gasteiger charge is 2.10. The summed E-state index contributed by atoms with van der Waals surface area (Å²) in [6.07, 6.45) is 6.79. The minimum atomic E-state index is 0.846. The average Bonchev–Trinajstić information content (AvgIpc) is 3.05. The second kappa shape index (κ2) is 5.47. The van der Waals surface area contributed by atoms with E-state index in [0.29, 0.717) is 0 Å². The van der Waals surface area contributed by atoms with Crippen LogP contribution in [0.4, 0.5) is 5.69 Å². The summed E-state index contributed by atoms with van der Waals surface area (Å²) < 4.78 is 2.08. The number of fused-ring (bicyclic) bond motifs is 1. The maximum atomic E-state index is 4.35. The van der Waals surface area contributed by atoms with E-state index in [1.54, 1.807) is 0 Å². The van der Waals surface area contributed by atoms with Gasteiger partial charge in [0.15, 0.2) is 0 Å². The van der Waals surface area contributed by atoms with Gasteiger partial charge in [0.2, 0.25) is 0 Å². The lowest BCUT2D eigenvalue weighted by molar-refractivity contribution is 0.578. The third-order valence-corrected chi connectivity index (χ3v) is 3.81. The molecule has 0 amide bonds. The van der Waals surface area contributed by atoms with Crippen molar-refractivity contribution in [3.8, 4) is 0 Å². The van der Waals surface area contributed by atoms with E-state index in [1.807, 2.05) is 6.20 Å². The lowest BCUT2D eigenvalue weighted by Gasteiger charge is -2.10. The van der Waals surface area contributed by atoms with E-state index < -0.39 is 0 Å². The number of aryl methyl sites for hydroxylation is 3. The van der Waals surface area contributed by atoms with Crippen molar-refractivity contribution in [3.63, 3.8) is 0 Å². The van der Waals surface area contributed by atoms with Crippen molar-refractivity contribution in [3.05, 3.63) is 47.3 Å². The van der Waals surface area contributed by atoms with E-state index >= 15 is 0 Å². The monoisotopic (exact) mass is 255 g/mol. The number of hydrogen-bond donors (Lipinski definition) is 1. The molecule has 1 aliphatic carbocycles. The molecule has 0 saturated carbocycles. The summed E-state index contributed by atoms with van der Waals surface area (Å²) in [4.78, 5) is 0. The van der Waals surface area contributed by atoms with Gasteiger partial charge in [-0.25, -0.2) is 0 Å². The third-order valence-electron chi connectivity index (χ3n) is 3.81. The van der Waals surface area contributed by atoms with Gasteiger partial charge in [-0.3, -0.25) is 4.68 Å². The Morgan fingerprint density at radius 2 is 2.11 bits per heavy atom. The van der Waals surface area contributed by atoms with E-state index in [9.17, 15) is 0 Å². The maximum Gasteiger partial charge on any atom is 0.0575 e. The molecule has 100 valence electrons. The van der Waals surface area contributed by atoms with E-state index in [-0.39, 0.29) is 0 Å².